The Labute approximate surface area is 183 Å². The smallest absolute Gasteiger partial charge is 0.356 e. The van der Waals surface area contributed by atoms with Gasteiger partial charge in [-0.15, -0.1) is 0 Å². The molecule has 1 aliphatic rings. The highest BCUT2D eigenvalue weighted by Gasteiger charge is 2.48. The molecule has 0 aliphatic carbocycles. The van der Waals surface area contributed by atoms with Gasteiger partial charge in [0.2, 0.25) is 5.82 Å². The number of rotatable bonds is 7. The van der Waals surface area contributed by atoms with Crippen molar-refractivity contribution in [2.24, 2.45) is 0 Å². The van der Waals surface area contributed by atoms with Crippen molar-refractivity contribution in [3.05, 3.63) is 53.4 Å². The van der Waals surface area contributed by atoms with E-state index in [2.05, 4.69) is 15.0 Å². The Morgan fingerprint density at radius 3 is 2.66 bits per heavy atom. The quantitative estimate of drug-likeness (QED) is 0.648. The number of anilines is 1. The molecule has 1 aliphatic heterocycles. The predicted octanol–water partition coefficient (Wildman–Crippen LogP) is 3.07. The van der Waals surface area contributed by atoms with Crippen LogP contribution in [-0.4, -0.2) is 56.5 Å². The van der Waals surface area contributed by atoms with E-state index < -0.39 is 41.1 Å². The number of nitrogens with zero attached hydrogens (tertiary/aromatic N) is 1. The first kappa shape index (κ1) is 23.6. The summed E-state index contributed by atoms with van der Waals surface area (Å²) in [5.41, 5.74) is -0.241. The van der Waals surface area contributed by atoms with Crippen LogP contribution in [0.15, 0.2) is 30.5 Å². The lowest BCUT2D eigenvalue weighted by atomic mass is 9.86. The first-order valence-corrected chi connectivity index (χ1v) is 9.77. The Balaban J connectivity index is 1.94. The number of carbonyl (C=O) groups excluding carboxylic acids is 2. The van der Waals surface area contributed by atoms with Gasteiger partial charge in [0.05, 0.1) is 26.4 Å². The van der Waals surface area contributed by atoms with Crippen molar-refractivity contribution in [3.8, 4) is 5.75 Å². The molecule has 3 atom stereocenters. The second-order valence-corrected chi connectivity index (χ2v) is 7.63. The van der Waals surface area contributed by atoms with E-state index in [-0.39, 0.29) is 18.1 Å². The molecule has 1 aromatic heterocycles. The van der Waals surface area contributed by atoms with Crippen LogP contribution in [0.5, 0.6) is 5.75 Å². The fraction of sp³-hybridized carbons (Fsp3) is 0.409. The normalized spacial score (nSPS) is 22.4. The second-order valence-electron chi connectivity index (χ2n) is 7.63. The predicted molar refractivity (Wildman–Crippen MR) is 110 cm³/mol. The van der Waals surface area contributed by atoms with Crippen LogP contribution in [0, 0.1) is 11.6 Å². The van der Waals surface area contributed by atoms with Crippen LogP contribution in [0.25, 0.3) is 0 Å². The molecule has 32 heavy (non-hydrogen) atoms. The van der Waals surface area contributed by atoms with Crippen LogP contribution in [0.1, 0.15) is 35.3 Å². The molecule has 1 saturated heterocycles. The summed E-state index contributed by atoms with van der Waals surface area (Å²) in [6.07, 6.45) is 0.579. The van der Waals surface area contributed by atoms with Crippen molar-refractivity contribution >= 4 is 17.6 Å². The number of nitrogens with one attached hydrogen (secondary N) is 1. The maximum atomic E-state index is 14.4. The molecule has 1 unspecified atom stereocenters. The summed E-state index contributed by atoms with van der Waals surface area (Å²) in [6.45, 7) is 1.95. The molecular formula is C22H24F2N2O6. The fourth-order valence-electron chi connectivity index (χ4n) is 3.90. The number of pyridine rings is 1. The van der Waals surface area contributed by atoms with Crippen LogP contribution in [0.4, 0.5) is 14.5 Å². The number of hydrogen-bond donors (Lipinski definition) is 1. The molecule has 0 bridgehead atoms. The van der Waals surface area contributed by atoms with Gasteiger partial charge in [0.1, 0.15) is 11.8 Å². The van der Waals surface area contributed by atoms with E-state index in [0.29, 0.717) is 17.7 Å². The summed E-state index contributed by atoms with van der Waals surface area (Å²) in [4.78, 5) is 28.8. The summed E-state index contributed by atoms with van der Waals surface area (Å²) in [7, 11) is 3.95. The highest BCUT2D eigenvalue weighted by atomic mass is 19.2. The van der Waals surface area contributed by atoms with Crippen LogP contribution >= 0.6 is 0 Å². The van der Waals surface area contributed by atoms with Crippen molar-refractivity contribution in [1.82, 2.24) is 4.98 Å². The number of methoxy groups -OCH3 is 3. The van der Waals surface area contributed by atoms with Gasteiger partial charge in [-0.2, -0.15) is 4.39 Å². The maximum Gasteiger partial charge on any atom is 0.356 e. The molecule has 1 fully saturated rings. The molecule has 3 rings (SSSR count). The highest BCUT2D eigenvalue weighted by molar-refractivity contribution is 5.96. The standard InChI is InChI=1S/C22H24F2N2O6/c1-22(11-29-2)10-14(13-5-6-15(23)17(24)18(13)30-3)19(32-22)20(27)26-12-7-8-25-16(9-12)21(28)31-4/h5-9,14,19H,10-11H2,1-4H3,(H,25,26,27)/t14-,19+,22?/m0/s1. The number of carbonyl (C=O) groups is 2. The van der Waals surface area contributed by atoms with Gasteiger partial charge in [-0.3, -0.25) is 4.79 Å². The van der Waals surface area contributed by atoms with E-state index in [1.807, 2.05) is 0 Å². The molecule has 1 amide bonds. The SMILES string of the molecule is COCC1(C)C[C@@H](c2ccc(F)c(F)c2OC)[C@H](C(=O)Nc2ccnc(C(=O)OC)c2)O1. The van der Waals surface area contributed by atoms with Gasteiger partial charge in [0.15, 0.2) is 11.6 Å². The molecule has 0 spiro atoms. The zero-order valence-corrected chi connectivity index (χ0v) is 18.1. The van der Waals surface area contributed by atoms with E-state index in [9.17, 15) is 18.4 Å². The molecule has 2 aromatic rings. The lowest BCUT2D eigenvalue weighted by molar-refractivity contribution is -0.134. The highest BCUT2D eigenvalue weighted by Crippen LogP contribution is 2.45. The third-order valence-electron chi connectivity index (χ3n) is 5.24. The van der Waals surface area contributed by atoms with Crippen LogP contribution < -0.4 is 10.1 Å². The van der Waals surface area contributed by atoms with Crippen molar-refractivity contribution in [2.75, 3.05) is 33.3 Å². The minimum Gasteiger partial charge on any atom is -0.493 e. The number of benzene rings is 1. The molecule has 1 N–H and O–H groups in total. The number of halogens is 2. The van der Waals surface area contributed by atoms with E-state index in [1.165, 1.54) is 45.7 Å². The molecule has 172 valence electrons. The lowest BCUT2D eigenvalue weighted by Crippen LogP contribution is -2.35. The average molecular weight is 450 g/mol. The van der Waals surface area contributed by atoms with Gasteiger partial charge in [-0.25, -0.2) is 14.2 Å². The van der Waals surface area contributed by atoms with Crippen molar-refractivity contribution in [1.29, 1.82) is 0 Å². The molecule has 8 nitrogen and oxygen atoms in total. The van der Waals surface area contributed by atoms with Crippen LogP contribution in [0.3, 0.4) is 0 Å². The third kappa shape index (κ3) is 4.71. The Bertz CT molecular complexity index is 1020. The first-order chi connectivity index (χ1) is 15.2. The largest absolute Gasteiger partial charge is 0.493 e. The molecule has 10 heteroatoms. The number of aromatic nitrogens is 1. The summed E-state index contributed by atoms with van der Waals surface area (Å²) in [5.74, 6) is -4.32. The van der Waals surface area contributed by atoms with E-state index in [1.54, 1.807) is 6.92 Å². The van der Waals surface area contributed by atoms with Gasteiger partial charge in [0, 0.05) is 30.5 Å². The zero-order valence-electron chi connectivity index (χ0n) is 18.1. The summed E-state index contributed by atoms with van der Waals surface area (Å²) < 4.78 is 49.1. The average Bonchev–Trinajstić information content (AvgIpc) is 3.12. The topological polar surface area (TPSA) is 96.0 Å². The number of amides is 1. The summed E-state index contributed by atoms with van der Waals surface area (Å²) in [6, 6.07) is 5.23. The minimum atomic E-state index is -1.14. The maximum absolute atomic E-state index is 14.4. The van der Waals surface area contributed by atoms with E-state index in [0.717, 1.165) is 6.07 Å². The zero-order chi connectivity index (χ0) is 23.5. The van der Waals surface area contributed by atoms with Crippen LogP contribution in [-0.2, 0) is 19.0 Å². The molecule has 0 radical (unpaired) electrons. The fourth-order valence-corrected chi connectivity index (χ4v) is 3.90. The number of hydrogen-bond acceptors (Lipinski definition) is 7. The first-order valence-electron chi connectivity index (χ1n) is 9.77. The molecular weight excluding hydrogens is 426 g/mol. The van der Waals surface area contributed by atoms with E-state index in [4.69, 9.17) is 14.2 Å². The third-order valence-corrected chi connectivity index (χ3v) is 5.24. The van der Waals surface area contributed by atoms with Gasteiger partial charge in [0.25, 0.3) is 5.91 Å². The van der Waals surface area contributed by atoms with Gasteiger partial charge in [-0.05, 0) is 31.5 Å². The van der Waals surface area contributed by atoms with Crippen molar-refractivity contribution in [2.45, 2.75) is 31.0 Å². The van der Waals surface area contributed by atoms with Crippen molar-refractivity contribution in [3.63, 3.8) is 0 Å². The molecule has 0 saturated carbocycles. The molecule has 1 aromatic carbocycles. The molecule has 2 heterocycles. The minimum absolute atomic E-state index is 0.0145. The van der Waals surface area contributed by atoms with Gasteiger partial charge in [-0.1, -0.05) is 6.07 Å². The second kappa shape index (κ2) is 9.58. The number of ether oxygens (including phenoxy) is 4. The Morgan fingerprint density at radius 1 is 1.25 bits per heavy atom. The summed E-state index contributed by atoms with van der Waals surface area (Å²) in [5, 5.41) is 2.69. The van der Waals surface area contributed by atoms with Gasteiger partial charge >= 0.3 is 5.97 Å². The van der Waals surface area contributed by atoms with Crippen molar-refractivity contribution < 1.29 is 37.3 Å². The van der Waals surface area contributed by atoms with Crippen LogP contribution in [0.2, 0.25) is 0 Å². The summed E-state index contributed by atoms with van der Waals surface area (Å²) >= 11 is 0. The lowest BCUT2D eigenvalue weighted by Gasteiger charge is -2.23. The Hall–Kier alpha value is -3.11. The monoisotopic (exact) mass is 450 g/mol. The van der Waals surface area contributed by atoms with E-state index >= 15 is 0 Å². The number of esters is 1. The van der Waals surface area contributed by atoms with Gasteiger partial charge < -0.3 is 24.3 Å². The Kier molecular flexibility index (Phi) is 7.05. The Morgan fingerprint density at radius 2 is 2.00 bits per heavy atom.